The van der Waals surface area contributed by atoms with Crippen LogP contribution in [0.15, 0.2) is 24.4 Å². The number of hydrogen-bond donors (Lipinski definition) is 1. The highest BCUT2D eigenvalue weighted by Gasteiger charge is 2.35. The van der Waals surface area contributed by atoms with Crippen molar-refractivity contribution in [2.45, 2.75) is 31.3 Å². The van der Waals surface area contributed by atoms with E-state index >= 15 is 0 Å². The van der Waals surface area contributed by atoms with Crippen molar-refractivity contribution in [2.24, 2.45) is 0 Å². The number of hydrogen-bond acceptors (Lipinski definition) is 3. The van der Waals surface area contributed by atoms with E-state index in [0.29, 0.717) is 23.9 Å². The van der Waals surface area contributed by atoms with E-state index in [1.54, 1.807) is 6.20 Å². The summed E-state index contributed by atoms with van der Waals surface area (Å²) in [5, 5.41) is 0. The van der Waals surface area contributed by atoms with Crippen LogP contribution >= 0.6 is 0 Å². The Morgan fingerprint density at radius 1 is 1.26 bits per heavy atom. The van der Waals surface area contributed by atoms with Crippen LogP contribution in [0.25, 0.3) is 11.3 Å². The Kier molecular flexibility index (Phi) is 3.87. The zero-order valence-corrected chi connectivity index (χ0v) is 12.8. The van der Waals surface area contributed by atoms with Crippen LogP contribution in [0.4, 0.5) is 8.78 Å². The van der Waals surface area contributed by atoms with E-state index in [0.717, 1.165) is 25.0 Å². The number of rotatable bonds is 3. The second-order valence-corrected chi connectivity index (χ2v) is 6.22. The third-order valence-corrected chi connectivity index (χ3v) is 4.85. The number of halogens is 2. The normalized spacial score (nSPS) is 23.0. The molecule has 2 aliphatic rings. The van der Waals surface area contributed by atoms with Crippen LogP contribution in [0, 0.1) is 11.6 Å². The highest BCUT2D eigenvalue weighted by molar-refractivity contribution is 5.59. The molecule has 1 aliphatic heterocycles. The van der Waals surface area contributed by atoms with Gasteiger partial charge in [0.25, 0.3) is 0 Å². The van der Waals surface area contributed by atoms with Crippen LogP contribution in [0.3, 0.4) is 0 Å². The molecule has 4 rings (SSSR count). The Hall–Kier alpha value is -1.79. The number of aromatic amines is 1. The minimum absolute atomic E-state index is 0.0753. The second-order valence-electron chi connectivity index (χ2n) is 6.22. The minimum Gasteiger partial charge on any atom is -0.378 e. The summed E-state index contributed by atoms with van der Waals surface area (Å²) in [6.07, 6.45) is 5.32. The van der Waals surface area contributed by atoms with Gasteiger partial charge in [0, 0.05) is 24.2 Å². The first kappa shape index (κ1) is 14.8. The molecule has 0 spiro atoms. The van der Waals surface area contributed by atoms with Crippen LogP contribution in [-0.4, -0.2) is 40.7 Å². The van der Waals surface area contributed by atoms with Crippen molar-refractivity contribution in [1.29, 1.82) is 0 Å². The minimum atomic E-state index is -0.587. The molecule has 1 saturated carbocycles. The summed E-state index contributed by atoms with van der Waals surface area (Å²) in [5.74, 6) is -0.380. The van der Waals surface area contributed by atoms with Gasteiger partial charge in [-0.15, -0.1) is 0 Å². The molecule has 6 heteroatoms. The number of ether oxygens (including phenoxy) is 1. The van der Waals surface area contributed by atoms with Crippen molar-refractivity contribution >= 4 is 0 Å². The second kappa shape index (κ2) is 6.02. The Bertz CT molecular complexity index is 699. The van der Waals surface area contributed by atoms with Gasteiger partial charge in [0.05, 0.1) is 31.1 Å². The predicted molar refractivity (Wildman–Crippen MR) is 81.8 cm³/mol. The molecule has 2 fully saturated rings. The lowest BCUT2D eigenvalue weighted by molar-refractivity contribution is -0.0494. The van der Waals surface area contributed by atoms with Gasteiger partial charge in [0.2, 0.25) is 0 Å². The number of aromatic nitrogens is 2. The Labute approximate surface area is 133 Å². The average Bonchev–Trinajstić information content (AvgIpc) is 2.95. The standard InChI is InChI=1S/C17H19F2N3O/c18-11-4-5-13(14(19)8-11)15-9-20-17(21-15)16-10-23-7-6-22(16)12-2-1-3-12/h4-5,8-9,12,16H,1-3,6-7,10H2,(H,20,21)/t16-/m0/s1. The topological polar surface area (TPSA) is 41.1 Å². The highest BCUT2D eigenvalue weighted by Crippen LogP contribution is 2.34. The first-order chi connectivity index (χ1) is 11.2. The highest BCUT2D eigenvalue weighted by atomic mass is 19.1. The van der Waals surface area contributed by atoms with E-state index in [9.17, 15) is 8.78 Å². The largest absolute Gasteiger partial charge is 0.378 e. The number of benzene rings is 1. The molecular weight excluding hydrogens is 300 g/mol. The maximum atomic E-state index is 13.9. The molecule has 0 unspecified atom stereocenters. The van der Waals surface area contributed by atoms with Crippen LogP contribution < -0.4 is 0 Å². The van der Waals surface area contributed by atoms with Gasteiger partial charge in [-0.25, -0.2) is 13.8 Å². The molecular formula is C17H19F2N3O. The maximum absolute atomic E-state index is 13.9. The Morgan fingerprint density at radius 3 is 2.87 bits per heavy atom. The van der Waals surface area contributed by atoms with Crippen molar-refractivity contribution in [2.75, 3.05) is 19.8 Å². The molecule has 0 radical (unpaired) electrons. The van der Waals surface area contributed by atoms with E-state index in [4.69, 9.17) is 4.74 Å². The zero-order chi connectivity index (χ0) is 15.8. The first-order valence-corrected chi connectivity index (χ1v) is 8.06. The molecule has 23 heavy (non-hydrogen) atoms. The van der Waals surface area contributed by atoms with Gasteiger partial charge >= 0.3 is 0 Å². The number of morpholine rings is 1. The fraction of sp³-hybridized carbons (Fsp3) is 0.471. The fourth-order valence-electron chi connectivity index (χ4n) is 3.36. The summed E-state index contributed by atoms with van der Waals surface area (Å²) in [6.45, 7) is 2.23. The molecule has 1 atom stereocenters. The van der Waals surface area contributed by atoms with Crippen molar-refractivity contribution in [1.82, 2.24) is 14.9 Å². The summed E-state index contributed by atoms with van der Waals surface area (Å²) in [7, 11) is 0. The molecule has 1 aliphatic carbocycles. The van der Waals surface area contributed by atoms with Crippen molar-refractivity contribution in [3.05, 3.63) is 41.9 Å². The summed E-state index contributed by atoms with van der Waals surface area (Å²) in [6, 6.07) is 4.25. The zero-order valence-electron chi connectivity index (χ0n) is 12.8. The van der Waals surface area contributed by atoms with Gasteiger partial charge < -0.3 is 9.72 Å². The molecule has 1 aromatic carbocycles. The average molecular weight is 319 g/mol. The molecule has 1 saturated heterocycles. The lowest BCUT2D eigenvalue weighted by Gasteiger charge is -2.44. The number of imidazole rings is 1. The fourth-order valence-corrected chi connectivity index (χ4v) is 3.36. The van der Waals surface area contributed by atoms with E-state index in [1.165, 1.54) is 31.4 Å². The van der Waals surface area contributed by atoms with Crippen molar-refractivity contribution in [3.8, 4) is 11.3 Å². The van der Waals surface area contributed by atoms with Gasteiger partial charge in [0.1, 0.15) is 17.5 Å². The van der Waals surface area contributed by atoms with Crippen LogP contribution in [-0.2, 0) is 4.74 Å². The van der Waals surface area contributed by atoms with Crippen LogP contribution in [0.2, 0.25) is 0 Å². The van der Waals surface area contributed by atoms with Crippen molar-refractivity contribution in [3.63, 3.8) is 0 Å². The van der Waals surface area contributed by atoms with E-state index in [1.807, 2.05) is 0 Å². The van der Waals surface area contributed by atoms with Crippen LogP contribution in [0.1, 0.15) is 31.1 Å². The van der Waals surface area contributed by atoms with E-state index in [2.05, 4.69) is 14.9 Å². The Morgan fingerprint density at radius 2 is 2.13 bits per heavy atom. The summed E-state index contributed by atoms with van der Waals surface area (Å²) >= 11 is 0. The first-order valence-electron chi connectivity index (χ1n) is 8.06. The van der Waals surface area contributed by atoms with Gasteiger partial charge in [-0.05, 0) is 25.0 Å². The molecule has 2 heterocycles. The maximum Gasteiger partial charge on any atom is 0.135 e. The third kappa shape index (κ3) is 2.77. The SMILES string of the molecule is Fc1ccc(-c2cnc([C@@H]3COCCN3C3CCC3)[nH]2)c(F)c1. The molecule has 1 N–H and O–H groups in total. The smallest absolute Gasteiger partial charge is 0.135 e. The van der Waals surface area contributed by atoms with E-state index in [-0.39, 0.29) is 6.04 Å². The monoisotopic (exact) mass is 319 g/mol. The number of nitrogens with one attached hydrogen (secondary N) is 1. The molecule has 122 valence electrons. The molecule has 0 amide bonds. The van der Waals surface area contributed by atoms with Gasteiger partial charge in [-0.1, -0.05) is 6.42 Å². The van der Waals surface area contributed by atoms with E-state index < -0.39 is 11.6 Å². The molecule has 4 nitrogen and oxygen atoms in total. The number of H-pyrrole nitrogens is 1. The van der Waals surface area contributed by atoms with Gasteiger partial charge in [-0.3, -0.25) is 4.90 Å². The van der Waals surface area contributed by atoms with Crippen molar-refractivity contribution < 1.29 is 13.5 Å². The summed E-state index contributed by atoms with van der Waals surface area (Å²) < 4.78 is 32.6. The quantitative estimate of drug-likeness (QED) is 0.944. The summed E-state index contributed by atoms with van der Waals surface area (Å²) in [4.78, 5) is 10.1. The lowest BCUT2D eigenvalue weighted by Crippen LogP contribution is -2.48. The molecule has 0 bridgehead atoms. The third-order valence-electron chi connectivity index (χ3n) is 4.85. The Balaban J connectivity index is 1.61. The molecule has 1 aromatic heterocycles. The van der Waals surface area contributed by atoms with Gasteiger partial charge in [-0.2, -0.15) is 0 Å². The predicted octanol–water partition coefficient (Wildman–Crippen LogP) is 3.28. The lowest BCUT2D eigenvalue weighted by atomic mass is 9.90. The van der Waals surface area contributed by atoms with Crippen LogP contribution in [0.5, 0.6) is 0 Å². The van der Waals surface area contributed by atoms with Gasteiger partial charge in [0.15, 0.2) is 0 Å². The number of nitrogens with zero attached hydrogens (tertiary/aromatic N) is 2. The molecule has 2 aromatic rings. The summed E-state index contributed by atoms with van der Waals surface area (Å²) in [5.41, 5.74) is 0.897.